The van der Waals surface area contributed by atoms with Crippen LogP contribution in [-0.4, -0.2) is 53.9 Å². The zero-order chi connectivity index (χ0) is 15.8. The fourth-order valence-electron chi connectivity index (χ4n) is 3.66. The van der Waals surface area contributed by atoms with E-state index >= 15 is 0 Å². The van der Waals surface area contributed by atoms with Gasteiger partial charge in [0, 0.05) is 25.7 Å². The molecule has 2 rings (SSSR count). The fraction of sp³-hybridized carbons (Fsp3) is 0.941. The average molecular weight is 311 g/mol. The van der Waals surface area contributed by atoms with E-state index in [2.05, 4.69) is 22.5 Å². The van der Waals surface area contributed by atoms with Crippen LogP contribution in [0.4, 0.5) is 4.79 Å². The lowest BCUT2D eigenvalue weighted by atomic mass is 9.94. The normalized spacial score (nSPS) is 23.7. The number of nitrogens with one attached hydrogen (secondary N) is 2. The molecule has 0 aromatic rings. The first-order valence-corrected chi connectivity index (χ1v) is 9.10. The molecule has 0 bridgehead atoms. The van der Waals surface area contributed by atoms with Gasteiger partial charge >= 0.3 is 6.03 Å². The number of hydrogen-bond acceptors (Lipinski definition) is 3. The molecule has 3 N–H and O–H groups in total. The first-order chi connectivity index (χ1) is 10.6. The number of urea groups is 1. The Kier molecular flexibility index (Phi) is 6.96. The number of carbonyl (C=O) groups is 1. The van der Waals surface area contributed by atoms with Crippen molar-refractivity contribution in [1.29, 1.82) is 0 Å². The van der Waals surface area contributed by atoms with E-state index in [-0.39, 0.29) is 12.1 Å². The lowest BCUT2D eigenvalue weighted by Gasteiger charge is -2.32. The van der Waals surface area contributed by atoms with Crippen LogP contribution in [0.25, 0.3) is 0 Å². The molecule has 1 saturated carbocycles. The molecule has 0 radical (unpaired) electrons. The summed E-state index contributed by atoms with van der Waals surface area (Å²) >= 11 is 0. The minimum Gasteiger partial charge on any atom is -0.388 e. The molecule has 1 aliphatic heterocycles. The van der Waals surface area contributed by atoms with Crippen LogP contribution in [0.3, 0.4) is 0 Å². The molecule has 1 saturated heterocycles. The van der Waals surface area contributed by atoms with E-state index < -0.39 is 5.60 Å². The van der Waals surface area contributed by atoms with Crippen LogP contribution in [-0.2, 0) is 0 Å². The summed E-state index contributed by atoms with van der Waals surface area (Å²) in [5.41, 5.74) is -0.696. The van der Waals surface area contributed by atoms with Crippen molar-refractivity contribution in [1.82, 2.24) is 15.5 Å². The second-order valence-electron chi connectivity index (χ2n) is 7.08. The molecule has 2 fully saturated rings. The maximum absolute atomic E-state index is 12.0. The van der Waals surface area contributed by atoms with Crippen molar-refractivity contribution in [3.05, 3.63) is 0 Å². The summed E-state index contributed by atoms with van der Waals surface area (Å²) in [6, 6.07) is 0.156. The first kappa shape index (κ1) is 17.5. The molecule has 5 heteroatoms. The molecule has 2 aliphatic rings. The zero-order valence-electron chi connectivity index (χ0n) is 14.1. The monoisotopic (exact) mass is 311 g/mol. The van der Waals surface area contributed by atoms with Gasteiger partial charge in [0.05, 0.1) is 5.60 Å². The molecular formula is C17H33N3O2. The maximum Gasteiger partial charge on any atom is 0.315 e. The Labute approximate surface area is 134 Å². The second-order valence-corrected chi connectivity index (χ2v) is 7.08. The number of carbonyl (C=O) groups excluding carboxylic acids is 1. The van der Waals surface area contributed by atoms with Gasteiger partial charge in [0.2, 0.25) is 0 Å². The van der Waals surface area contributed by atoms with Crippen molar-refractivity contribution >= 4 is 6.03 Å². The van der Waals surface area contributed by atoms with Gasteiger partial charge in [-0.2, -0.15) is 0 Å². The molecule has 0 spiro atoms. The number of nitrogens with zero attached hydrogens (tertiary/aromatic N) is 1. The smallest absolute Gasteiger partial charge is 0.315 e. The predicted octanol–water partition coefficient (Wildman–Crippen LogP) is 2.25. The van der Waals surface area contributed by atoms with Crippen LogP contribution in [0, 0.1) is 0 Å². The van der Waals surface area contributed by atoms with Gasteiger partial charge in [0.15, 0.2) is 0 Å². The maximum atomic E-state index is 12.0. The van der Waals surface area contributed by atoms with Crippen molar-refractivity contribution in [2.24, 2.45) is 0 Å². The summed E-state index contributed by atoms with van der Waals surface area (Å²) in [6.07, 6.45) is 9.39. The van der Waals surface area contributed by atoms with Gasteiger partial charge in [-0.3, -0.25) is 0 Å². The quantitative estimate of drug-likeness (QED) is 0.682. The lowest BCUT2D eigenvalue weighted by molar-refractivity contribution is 0.0275. The molecule has 22 heavy (non-hydrogen) atoms. The van der Waals surface area contributed by atoms with Crippen molar-refractivity contribution in [3.63, 3.8) is 0 Å². The predicted molar refractivity (Wildman–Crippen MR) is 88.9 cm³/mol. The third-order valence-corrected chi connectivity index (χ3v) is 5.07. The average Bonchev–Trinajstić information content (AvgIpc) is 2.73. The number of rotatable bonds is 5. The minimum absolute atomic E-state index is 0.119. The Morgan fingerprint density at radius 1 is 1.18 bits per heavy atom. The SMILES string of the molecule is CCCN1CCC(NC(=O)NCC2(O)CCCCCC2)CC1. The Morgan fingerprint density at radius 2 is 1.82 bits per heavy atom. The van der Waals surface area contributed by atoms with E-state index in [0.717, 1.165) is 58.2 Å². The highest BCUT2D eigenvalue weighted by Gasteiger charge is 2.28. The highest BCUT2D eigenvalue weighted by atomic mass is 16.3. The van der Waals surface area contributed by atoms with E-state index in [1.165, 1.54) is 19.3 Å². The Balaban J connectivity index is 1.65. The number of piperidine rings is 1. The molecule has 2 amide bonds. The van der Waals surface area contributed by atoms with Gasteiger partial charge in [-0.15, -0.1) is 0 Å². The Hall–Kier alpha value is -0.810. The second kappa shape index (κ2) is 8.73. The van der Waals surface area contributed by atoms with Crippen molar-refractivity contribution in [3.8, 4) is 0 Å². The molecule has 128 valence electrons. The zero-order valence-corrected chi connectivity index (χ0v) is 14.1. The molecule has 1 aliphatic carbocycles. The van der Waals surface area contributed by atoms with E-state index in [0.29, 0.717) is 6.54 Å². The summed E-state index contributed by atoms with van der Waals surface area (Å²) in [5, 5.41) is 16.5. The van der Waals surface area contributed by atoms with Crippen molar-refractivity contribution in [2.45, 2.75) is 76.4 Å². The number of hydrogen-bond donors (Lipinski definition) is 3. The summed E-state index contributed by atoms with van der Waals surface area (Å²) < 4.78 is 0. The van der Waals surface area contributed by atoms with Gasteiger partial charge < -0.3 is 20.6 Å². The van der Waals surface area contributed by atoms with E-state index in [1.54, 1.807) is 0 Å². The molecular weight excluding hydrogens is 278 g/mol. The van der Waals surface area contributed by atoms with Gasteiger partial charge in [-0.1, -0.05) is 32.6 Å². The molecule has 5 nitrogen and oxygen atoms in total. The van der Waals surface area contributed by atoms with E-state index in [4.69, 9.17) is 0 Å². The fourth-order valence-corrected chi connectivity index (χ4v) is 3.66. The van der Waals surface area contributed by atoms with Gasteiger partial charge in [-0.25, -0.2) is 4.79 Å². The third kappa shape index (κ3) is 5.76. The lowest BCUT2D eigenvalue weighted by Crippen LogP contribution is -2.51. The molecule has 0 aromatic carbocycles. The summed E-state index contributed by atoms with van der Waals surface area (Å²) in [7, 11) is 0. The van der Waals surface area contributed by atoms with E-state index in [9.17, 15) is 9.90 Å². The summed E-state index contributed by atoms with van der Waals surface area (Å²) in [5.74, 6) is 0. The highest BCUT2D eigenvalue weighted by molar-refractivity contribution is 5.74. The summed E-state index contributed by atoms with van der Waals surface area (Å²) in [6.45, 7) is 5.89. The molecule has 0 unspecified atom stereocenters. The summed E-state index contributed by atoms with van der Waals surface area (Å²) in [4.78, 5) is 14.5. The number of aliphatic hydroxyl groups is 1. The van der Waals surface area contributed by atoms with Crippen molar-refractivity contribution < 1.29 is 9.90 Å². The van der Waals surface area contributed by atoms with Crippen molar-refractivity contribution in [2.75, 3.05) is 26.2 Å². The molecule has 0 aromatic heterocycles. The van der Waals surface area contributed by atoms with Gasteiger partial charge in [-0.05, 0) is 38.6 Å². The largest absolute Gasteiger partial charge is 0.388 e. The third-order valence-electron chi connectivity index (χ3n) is 5.07. The van der Waals surface area contributed by atoms with Crippen LogP contribution in [0.5, 0.6) is 0 Å². The molecule has 1 heterocycles. The minimum atomic E-state index is -0.696. The van der Waals surface area contributed by atoms with Crippen LogP contribution in [0.15, 0.2) is 0 Å². The van der Waals surface area contributed by atoms with E-state index in [1.807, 2.05) is 0 Å². The first-order valence-electron chi connectivity index (χ1n) is 9.10. The number of likely N-dealkylation sites (tertiary alicyclic amines) is 1. The Morgan fingerprint density at radius 3 is 2.41 bits per heavy atom. The van der Waals surface area contributed by atoms with Crippen LogP contribution in [0.2, 0.25) is 0 Å². The topological polar surface area (TPSA) is 64.6 Å². The van der Waals surface area contributed by atoms with Crippen LogP contribution < -0.4 is 10.6 Å². The Bertz CT molecular complexity index is 333. The van der Waals surface area contributed by atoms with Crippen LogP contribution in [0.1, 0.15) is 64.7 Å². The highest BCUT2D eigenvalue weighted by Crippen LogP contribution is 2.26. The standard InChI is InChI=1S/C17H33N3O2/c1-2-11-20-12-7-15(8-13-20)19-16(21)18-14-17(22)9-5-3-4-6-10-17/h15,22H,2-14H2,1H3,(H2,18,19,21). The van der Waals surface area contributed by atoms with Gasteiger partial charge in [0.1, 0.15) is 0 Å². The van der Waals surface area contributed by atoms with Crippen LogP contribution >= 0.6 is 0 Å². The number of amides is 2. The molecule has 0 atom stereocenters. The van der Waals surface area contributed by atoms with Gasteiger partial charge in [0.25, 0.3) is 0 Å².